The first kappa shape index (κ1) is 16.5. The Morgan fingerprint density at radius 3 is 2.36 bits per heavy atom. The van der Waals surface area contributed by atoms with Gasteiger partial charge in [-0.2, -0.15) is 0 Å². The van der Waals surface area contributed by atoms with Crippen molar-refractivity contribution in [2.75, 3.05) is 6.26 Å². The molecule has 0 radical (unpaired) electrons. The number of ether oxygens (including phenoxy) is 1. The molecular weight excluding hydrogens is 324 g/mol. The van der Waals surface area contributed by atoms with E-state index in [-0.39, 0.29) is 22.1 Å². The summed E-state index contributed by atoms with van der Waals surface area (Å²) in [6.07, 6.45) is 1.04. The Balaban J connectivity index is 2.15. The number of aryl methyl sites for hydroxylation is 1. The van der Waals surface area contributed by atoms with E-state index >= 15 is 0 Å². The molecule has 0 heterocycles. The molecule has 2 aromatic carbocycles. The lowest BCUT2D eigenvalue weighted by Crippen LogP contribution is -2.07. The van der Waals surface area contributed by atoms with Crippen molar-refractivity contribution in [3.63, 3.8) is 0 Å². The molecule has 22 heavy (non-hydrogen) atoms. The Morgan fingerprint density at radius 2 is 1.77 bits per heavy atom. The first-order valence-corrected chi connectivity index (χ1v) is 8.76. The van der Waals surface area contributed by atoms with E-state index in [1.54, 1.807) is 0 Å². The van der Waals surface area contributed by atoms with E-state index in [1.807, 2.05) is 31.2 Å². The zero-order valence-corrected chi connectivity index (χ0v) is 13.7. The molecule has 0 aliphatic rings. The summed E-state index contributed by atoms with van der Waals surface area (Å²) in [4.78, 5) is 11.9. The van der Waals surface area contributed by atoms with Crippen molar-refractivity contribution in [3.05, 3.63) is 64.2 Å². The van der Waals surface area contributed by atoms with Crippen molar-refractivity contribution < 1.29 is 17.9 Å². The minimum Gasteiger partial charge on any atom is -0.457 e. The van der Waals surface area contributed by atoms with E-state index in [4.69, 9.17) is 16.3 Å². The minimum absolute atomic E-state index is 0.0811. The Morgan fingerprint density at radius 1 is 1.14 bits per heavy atom. The van der Waals surface area contributed by atoms with Crippen LogP contribution in [0.15, 0.2) is 47.4 Å². The van der Waals surface area contributed by atoms with E-state index in [9.17, 15) is 13.2 Å². The highest BCUT2D eigenvalue weighted by molar-refractivity contribution is 7.90. The fourth-order valence-corrected chi connectivity index (χ4v) is 3.13. The highest BCUT2D eigenvalue weighted by atomic mass is 35.5. The number of benzene rings is 2. The second kappa shape index (κ2) is 6.50. The summed E-state index contributed by atoms with van der Waals surface area (Å²) in [5.74, 6) is -0.595. The number of rotatable bonds is 4. The zero-order chi connectivity index (χ0) is 16.3. The SMILES string of the molecule is Cc1ccc(COC(=O)c2ccc(Cl)c(S(C)(=O)=O)c2)cc1. The lowest BCUT2D eigenvalue weighted by atomic mass is 10.2. The lowest BCUT2D eigenvalue weighted by molar-refractivity contribution is 0.0472. The van der Waals surface area contributed by atoms with Gasteiger partial charge in [-0.3, -0.25) is 0 Å². The maximum absolute atomic E-state index is 12.0. The van der Waals surface area contributed by atoms with Crippen molar-refractivity contribution in [2.24, 2.45) is 0 Å². The van der Waals surface area contributed by atoms with Gasteiger partial charge in [0, 0.05) is 6.26 Å². The molecule has 116 valence electrons. The van der Waals surface area contributed by atoms with E-state index in [0.29, 0.717) is 0 Å². The molecule has 2 aromatic rings. The highest BCUT2D eigenvalue weighted by Crippen LogP contribution is 2.23. The standard InChI is InChI=1S/C16H15ClO4S/c1-11-3-5-12(6-4-11)10-21-16(18)13-7-8-14(17)15(9-13)22(2,19)20/h3-9H,10H2,1-2H3. The summed E-state index contributed by atoms with van der Waals surface area (Å²) in [7, 11) is -3.50. The van der Waals surface area contributed by atoms with Crippen LogP contribution in [0.2, 0.25) is 5.02 Å². The average Bonchev–Trinajstić information content (AvgIpc) is 2.45. The molecule has 0 bridgehead atoms. The van der Waals surface area contributed by atoms with Crippen LogP contribution in [0.4, 0.5) is 0 Å². The van der Waals surface area contributed by atoms with Gasteiger partial charge in [-0.25, -0.2) is 13.2 Å². The van der Waals surface area contributed by atoms with Gasteiger partial charge in [-0.1, -0.05) is 41.4 Å². The molecule has 6 heteroatoms. The van der Waals surface area contributed by atoms with Gasteiger partial charge in [-0.05, 0) is 30.7 Å². The number of sulfone groups is 1. The van der Waals surface area contributed by atoms with Gasteiger partial charge in [0.2, 0.25) is 0 Å². The van der Waals surface area contributed by atoms with Crippen LogP contribution in [0.1, 0.15) is 21.5 Å². The van der Waals surface area contributed by atoms with Crippen molar-refractivity contribution in [1.82, 2.24) is 0 Å². The quantitative estimate of drug-likeness (QED) is 0.801. The topological polar surface area (TPSA) is 60.4 Å². The van der Waals surface area contributed by atoms with Crippen LogP contribution in [0, 0.1) is 6.92 Å². The number of esters is 1. The molecule has 0 N–H and O–H groups in total. The van der Waals surface area contributed by atoms with Crippen molar-refractivity contribution in [2.45, 2.75) is 18.4 Å². The fourth-order valence-electron chi connectivity index (χ4n) is 1.83. The molecule has 0 unspecified atom stereocenters. The summed E-state index contributed by atoms with van der Waals surface area (Å²) in [6.45, 7) is 2.09. The highest BCUT2D eigenvalue weighted by Gasteiger charge is 2.16. The van der Waals surface area contributed by atoms with Gasteiger partial charge < -0.3 is 4.74 Å². The number of halogens is 1. The molecule has 0 atom stereocenters. The molecule has 0 saturated carbocycles. The summed E-state index contributed by atoms with van der Waals surface area (Å²) in [5, 5.41) is 0.0811. The molecule has 0 amide bonds. The fraction of sp³-hybridized carbons (Fsp3) is 0.188. The van der Waals surface area contributed by atoms with Crippen LogP contribution in [0.25, 0.3) is 0 Å². The number of carbonyl (C=O) groups is 1. The molecule has 0 aromatic heterocycles. The van der Waals surface area contributed by atoms with E-state index < -0.39 is 15.8 Å². The molecule has 0 aliphatic carbocycles. The molecule has 0 fully saturated rings. The van der Waals surface area contributed by atoms with E-state index in [2.05, 4.69) is 0 Å². The van der Waals surface area contributed by atoms with E-state index in [0.717, 1.165) is 17.4 Å². The van der Waals surface area contributed by atoms with Gasteiger partial charge in [0.1, 0.15) is 6.61 Å². The lowest BCUT2D eigenvalue weighted by Gasteiger charge is -2.07. The van der Waals surface area contributed by atoms with Crippen LogP contribution in [0.3, 0.4) is 0 Å². The van der Waals surface area contributed by atoms with Crippen LogP contribution in [0.5, 0.6) is 0 Å². The minimum atomic E-state index is -3.50. The van der Waals surface area contributed by atoms with Crippen LogP contribution in [-0.4, -0.2) is 20.6 Å². The predicted molar refractivity (Wildman–Crippen MR) is 84.9 cm³/mol. The largest absolute Gasteiger partial charge is 0.457 e. The smallest absolute Gasteiger partial charge is 0.338 e. The van der Waals surface area contributed by atoms with Crippen LogP contribution < -0.4 is 0 Å². The Hall–Kier alpha value is -1.85. The first-order chi connectivity index (χ1) is 10.3. The van der Waals surface area contributed by atoms with Crippen molar-refractivity contribution >= 4 is 27.4 Å². The van der Waals surface area contributed by atoms with Crippen LogP contribution in [-0.2, 0) is 21.2 Å². The first-order valence-electron chi connectivity index (χ1n) is 6.49. The third kappa shape index (κ3) is 4.08. The Bertz CT molecular complexity index is 795. The summed E-state index contributed by atoms with van der Waals surface area (Å²) in [6, 6.07) is 11.6. The molecule has 4 nitrogen and oxygen atoms in total. The summed E-state index contributed by atoms with van der Waals surface area (Å²) >= 11 is 5.84. The molecule has 2 rings (SSSR count). The average molecular weight is 339 g/mol. The zero-order valence-electron chi connectivity index (χ0n) is 12.2. The Labute approximate surface area is 134 Å². The van der Waals surface area contributed by atoms with Crippen molar-refractivity contribution in [3.8, 4) is 0 Å². The van der Waals surface area contributed by atoms with Crippen molar-refractivity contribution in [1.29, 1.82) is 0 Å². The second-order valence-electron chi connectivity index (χ2n) is 4.98. The third-order valence-corrected chi connectivity index (χ3v) is 4.64. The number of hydrogen-bond acceptors (Lipinski definition) is 4. The summed E-state index contributed by atoms with van der Waals surface area (Å²) in [5.41, 5.74) is 2.12. The Kier molecular flexibility index (Phi) is 4.88. The van der Waals surface area contributed by atoms with Gasteiger partial charge in [0.25, 0.3) is 0 Å². The second-order valence-corrected chi connectivity index (χ2v) is 7.37. The molecule has 0 spiro atoms. The van der Waals surface area contributed by atoms with Gasteiger partial charge >= 0.3 is 5.97 Å². The van der Waals surface area contributed by atoms with Gasteiger partial charge in [-0.15, -0.1) is 0 Å². The van der Waals surface area contributed by atoms with E-state index in [1.165, 1.54) is 18.2 Å². The normalized spacial score (nSPS) is 11.2. The third-order valence-electron chi connectivity index (χ3n) is 3.06. The molecule has 0 saturated heterocycles. The maximum atomic E-state index is 12.0. The number of hydrogen-bond donors (Lipinski definition) is 0. The summed E-state index contributed by atoms with van der Waals surface area (Å²) < 4.78 is 28.4. The maximum Gasteiger partial charge on any atom is 0.338 e. The number of carbonyl (C=O) groups excluding carboxylic acids is 1. The van der Waals surface area contributed by atoms with Gasteiger partial charge in [0.15, 0.2) is 9.84 Å². The molecule has 0 aliphatic heterocycles. The van der Waals surface area contributed by atoms with Crippen LogP contribution >= 0.6 is 11.6 Å². The monoisotopic (exact) mass is 338 g/mol. The van der Waals surface area contributed by atoms with Gasteiger partial charge in [0.05, 0.1) is 15.5 Å². The molecular formula is C16H15ClO4S. The predicted octanol–water partition coefficient (Wildman–Crippen LogP) is 3.41.